The van der Waals surface area contributed by atoms with Crippen LogP contribution in [0.15, 0.2) is 65.6 Å². The molecule has 0 aliphatic heterocycles. The van der Waals surface area contributed by atoms with Crippen molar-refractivity contribution in [3.8, 4) is 11.5 Å². The zero-order chi connectivity index (χ0) is 25.8. The van der Waals surface area contributed by atoms with Gasteiger partial charge < -0.3 is 9.84 Å². The van der Waals surface area contributed by atoms with Gasteiger partial charge in [0, 0.05) is 12.2 Å². The highest BCUT2D eigenvalue weighted by Crippen LogP contribution is 2.25. The topological polar surface area (TPSA) is 139 Å². The number of hydrogen-bond donors (Lipinski definition) is 3. The average molecular weight is 519 g/mol. The first-order valence-electron chi connectivity index (χ1n) is 10.6. The van der Waals surface area contributed by atoms with E-state index in [0.717, 1.165) is 17.2 Å². The number of sulfonamides is 2. The zero-order valence-electron chi connectivity index (χ0n) is 19.4. The molecule has 35 heavy (non-hydrogen) atoms. The molecule has 186 valence electrons. The molecule has 0 bridgehead atoms. The van der Waals surface area contributed by atoms with Gasteiger partial charge in [-0.15, -0.1) is 0 Å². The molecule has 0 unspecified atom stereocenters. The van der Waals surface area contributed by atoms with E-state index in [2.05, 4.69) is 9.44 Å². The molecule has 0 aliphatic carbocycles. The van der Waals surface area contributed by atoms with E-state index in [1.807, 2.05) is 32.0 Å². The second kappa shape index (κ2) is 10.5. The summed E-state index contributed by atoms with van der Waals surface area (Å²) >= 11 is 0. The molecule has 0 saturated carbocycles. The lowest BCUT2D eigenvalue weighted by molar-refractivity contribution is 0.0696. The van der Waals surface area contributed by atoms with Crippen LogP contribution in [0.5, 0.6) is 11.5 Å². The van der Waals surface area contributed by atoms with Crippen LogP contribution in [0.4, 0.5) is 5.69 Å². The number of carboxylic acid groups (broad SMARTS) is 1. The molecule has 3 aromatic carbocycles. The number of carbonyl (C=O) groups is 1. The van der Waals surface area contributed by atoms with E-state index in [1.54, 1.807) is 19.1 Å². The Bertz CT molecular complexity index is 1450. The Kier molecular flexibility index (Phi) is 7.83. The number of rotatable bonds is 10. The smallest absolute Gasteiger partial charge is 0.335 e. The van der Waals surface area contributed by atoms with Crippen molar-refractivity contribution in [1.82, 2.24) is 4.72 Å². The van der Waals surface area contributed by atoms with E-state index in [1.165, 1.54) is 24.3 Å². The molecule has 0 radical (unpaired) electrons. The minimum Gasteiger partial charge on any atom is -0.478 e. The summed E-state index contributed by atoms with van der Waals surface area (Å²) in [7, 11) is -7.95. The predicted octanol–water partition coefficient (Wildman–Crippen LogP) is 3.82. The van der Waals surface area contributed by atoms with Gasteiger partial charge in [-0.05, 0) is 86.0 Å². The molecule has 3 rings (SSSR count). The quantitative estimate of drug-likeness (QED) is 0.371. The highest BCUT2D eigenvalue weighted by molar-refractivity contribution is 7.92. The van der Waals surface area contributed by atoms with Crippen molar-refractivity contribution in [1.29, 1.82) is 0 Å². The molecule has 0 saturated heterocycles. The second-order valence-corrected chi connectivity index (χ2v) is 11.6. The number of hydrogen-bond acceptors (Lipinski definition) is 6. The van der Waals surface area contributed by atoms with Gasteiger partial charge in [0.25, 0.3) is 0 Å². The summed E-state index contributed by atoms with van der Waals surface area (Å²) in [6.07, 6.45) is 0. The van der Waals surface area contributed by atoms with Crippen LogP contribution in [0.1, 0.15) is 27.0 Å². The zero-order valence-corrected chi connectivity index (χ0v) is 21.0. The third-order valence-electron chi connectivity index (χ3n) is 5.25. The van der Waals surface area contributed by atoms with Gasteiger partial charge in [-0.2, -0.15) is 0 Å². The van der Waals surface area contributed by atoms with Crippen molar-refractivity contribution in [3.63, 3.8) is 0 Å². The largest absolute Gasteiger partial charge is 0.478 e. The highest BCUT2D eigenvalue weighted by atomic mass is 32.2. The minimum atomic E-state index is -4.09. The number of nitrogens with one attached hydrogen (secondary N) is 2. The van der Waals surface area contributed by atoms with Crippen molar-refractivity contribution in [2.45, 2.75) is 25.7 Å². The molecule has 0 fully saturated rings. The normalized spacial score (nSPS) is 11.7. The van der Waals surface area contributed by atoms with Gasteiger partial charge in [-0.25, -0.2) is 26.4 Å². The van der Waals surface area contributed by atoms with Crippen LogP contribution in [0.2, 0.25) is 0 Å². The van der Waals surface area contributed by atoms with Crippen molar-refractivity contribution >= 4 is 31.7 Å². The van der Waals surface area contributed by atoms with E-state index in [-0.39, 0.29) is 10.5 Å². The maximum Gasteiger partial charge on any atom is 0.335 e. The van der Waals surface area contributed by atoms with Crippen molar-refractivity contribution in [2.24, 2.45) is 0 Å². The number of anilines is 1. The van der Waals surface area contributed by atoms with Gasteiger partial charge in [-0.3, -0.25) is 4.72 Å². The minimum absolute atomic E-state index is 0.146. The van der Waals surface area contributed by atoms with Crippen LogP contribution in [0, 0.1) is 20.8 Å². The molecular weight excluding hydrogens is 492 g/mol. The van der Waals surface area contributed by atoms with E-state index in [9.17, 15) is 26.7 Å². The Labute approximate surface area is 204 Å². The third-order valence-corrected chi connectivity index (χ3v) is 8.00. The predicted molar refractivity (Wildman–Crippen MR) is 133 cm³/mol. The number of benzene rings is 3. The van der Waals surface area contributed by atoms with Crippen LogP contribution < -0.4 is 14.2 Å². The number of aryl methyl sites for hydroxylation is 3. The SMILES string of the molecule is Cc1ccc(Oc2ccc(NS(=O)(=O)CCNS(=O)(=O)c3ccc(C)c(C(=O)O)c3)cc2)cc1C. The first-order valence-corrected chi connectivity index (χ1v) is 13.7. The van der Waals surface area contributed by atoms with E-state index < -0.39 is 38.3 Å². The lowest BCUT2D eigenvalue weighted by Gasteiger charge is -2.11. The van der Waals surface area contributed by atoms with Gasteiger partial charge >= 0.3 is 5.97 Å². The van der Waals surface area contributed by atoms with Crippen LogP contribution in [0.25, 0.3) is 0 Å². The molecule has 0 aliphatic rings. The van der Waals surface area contributed by atoms with E-state index in [0.29, 0.717) is 22.7 Å². The first kappa shape index (κ1) is 26.2. The summed E-state index contributed by atoms with van der Waals surface area (Å²) in [5.41, 5.74) is 2.80. The van der Waals surface area contributed by atoms with Crippen LogP contribution >= 0.6 is 0 Å². The molecule has 9 nitrogen and oxygen atoms in total. The fraction of sp³-hybridized carbons (Fsp3) is 0.208. The summed E-state index contributed by atoms with van der Waals surface area (Å²) in [6, 6.07) is 15.7. The summed E-state index contributed by atoms with van der Waals surface area (Å²) in [5.74, 6) is -0.581. The Hall–Kier alpha value is -3.41. The molecular formula is C24H26N2O7S2. The lowest BCUT2D eigenvalue weighted by Crippen LogP contribution is -2.31. The fourth-order valence-electron chi connectivity index (χ4n) is 3.13. The van der Waals surface area contributed by atoms with Crippen molar-refractivity contribution < 1.29 is 31.5 Å². The fourth-order valence-corrected chi connectivity index (χ4v) is 5.28. The Morgan fingerprint density at radius 1 is 0.829 bits per heavy atom. The summed E-state index contributed by atoms with van der Waals surface area (Å²) in [6.45, 7) is 5.13. The Balaban J connectivity index is 1.58. The molecule has 0 aromatic heterocycles. The molecule has 0 spiro atoms. The Morgan fingerprint density at radius 2 is 1.46 bits per heavy atom. The lowest BCUT2D eigenvalue weighted by atomic mass is 10.1. The maximum absolute atomic E-state index is 12.5. The van der Waals surface area contributed by atoms with Crippen LogP contribution in [0.3, 0.4) is 0 Å². The van der Waals surface area contributed by atoms with Crippen LogP contribution in [-0.2, 0) is 20.0 Å². The van der Waals surface area contributed by atoms with Crippen LogP contribution in [-0.4, -0.2) is 40.2 Å². The van der Waals surface area contributed by atoms with E-state index in [4.69, 9.17) is 4.74 Å². The third kappa shape index (κ3) is 7.04. The molecule has 3 aromatic rings. The summed E-state index contributed by atoms with van der Waals surface area (Å²) < 4.78 is 60.1. The average Bonchev–Trinajstić information content (AvgIpc) is 2.77. The molecule has 0 heterocycles. The standard InChI is InChI=1S/C24H26N2O7S2/c1-16-4-8-21(14-18(16)3)33-20-9-6-19(7-10-20)26-34(29,30)13-12-25-35(31,32)22-11-5-17(2)23(15-22)24(27)28/h4-11,14-15,25-26H,12-13H2,1-3H3,(H,27,28). The second-order valence-electron chi connectivity index (χ2n) is 7.97. The van der Waals surface area contributed by atoms with Crippen molar-refractivity contribution in [3.05, 3.63) is 82.9 Å². The number of aromatic carboxylic acids is 1. The Morgan fingerprint density at radius 3 is 2.09 bits per heavy atom. The number of ether oxygens (including phenoxy) is 1. The summed E-state index contributed by atoms with van der Waals surface area (Å²) in [4.78, 5) is 11.0. The summed E-state index contributed by atoms with van der Waals surface area (Å²) in [5, 5.41) is 9.18. The molecule has 0 atom stereocenters. The van der Waals surface area contributed by atoms with Gasteiger partial charge in [0.1, 0.15) is 11.5 Å². The van der Waals surface area contributed by atoms with Gasteiger partial charge in [0.05, 0.1) is 16.2 Å². The van der Waals surface area contributed by atoms with E-state index >= 15 is 0 Å². The van der Waals surface area contributed by atoms with Gasteiger partial charge in [0.15, 0.2) is 0 Å². The van der Waals surface area contributed by atoms with Crippen molar-refractivity contribution in [2.75, 3.05) is 17.0 Å². The molecule has 11 heteroatoms. The molecule has 0 amide bonds. The molecule has 3 N–H and O–H groups in total. The monoisotopic (exact) mass is 518 g/mol. The number of carboxylic acids is 1. The first-order chi connectivity index (χ1) is 16.4. The maximum atomic E-state index is 12.5. The van der Waals surface area contributed by atoms with Gasteiger partial charge in [-0.1, -0.05) is 12.1 Å². The van der Waals surface area contributed by atoms with Gasteiger partial charge in [0.2, 0.25) is 20.0 Å². The highest BCUT2D eigenvalue weighted by Gasteiger charge is 2.19.